The first-order valence-electron chi connectivity index (χ1n) is 7.88. The fourth-order valence-corrected chi connectivity index (χ4v) is 2.91. The first-order chi connectivity index (χ1) is 10.5. The molecule has 1 amide bonds. The van der Waals surface area contributed by atoms with Crippen LogP contribution in [-0.4, -0.2) is 18.1 Å². The molecule has 1 aromatic rings. The molecule has 0 radical (unpaired) electrons. The van der Waals surface area contributed by atoms with Crippen molar-refractivity contribution in [2.24, 2.45) is 0 Å². The van der Waals surface area contributed by atoms with Gasteiger partial charge in [-0.15, -0.1) is 0 Å². The monoisotopic (exact) mass is 305 g/mol. The summed E-state index contributed by atoms with van der Waals surface area (Å²) in [7, 11) is 0. The van der Waals surface area contributed by atoms with E-state index in [9.17, 15) is 9.18 Å². The predicted molar refractivity (Wildman–Crippen MR) is 85.5 cm³/mol. The average molecular weight is 305 g/mol. The lowest BCUT2D eigenvalue weighted by Crippen LogP contribution is -2.40. The zero-order chi connectivity index (χ0) is 16.1. The van der Waals surface area contributed by atoms with E-state index in [1.807, 2.05) is 0 Å². The van der Waals surface area contributed by atoms with Crippen LogP contribution in [0, 0.1) is 5.82 Å². The maximum atomic E-state index is 13.5. The Kier molecular flexibility index (Phi) is 5.58. The molecule has 0 heterocycles. The van der Waals surface area contributed by atoms with Crippen molar-refractivity contribution in [3.05, 3.63) is 42.2 Å². The molecule has 1 N–H and O–H groups in total. The van der Waals surface area contributed by atoms with Gasteiger partial charge in [0.15, 0.2) is 0 Å². The highest BCUT2D eigenvalue weighted by molar-refractivity contribution is 5.87. The standard InChI is InChI=1S/C18H24FNO2/c1-4-18(21)20-14-6-5-7-15(11-14)22-17-10-13(19)8-9-16(17)12(2)3/h4,8-10,12,14-15H,1,5-7,11H2,2-3H3,(H,20,21). The number of hydrogen-bond donors (Lipinski definition) is 1. The summed E-state index contributed by atoms with van der Waals surface area (Å²) >= 11 is 0. The van der Waals surface area contributed by atoms with E-state index in [0.717, 1.165) is 31.2 Å². The fourth-order valence-electron chi connectivity index (χ4n) is 2.91. The first kappa shape index (κ1) is 16.5. The van der Waals surface area contributed by atoms with Crippen molar-refractivity contribution in [1.82, 2.24) is 5.32 Å². The van der Waals surface area contributed by atoms with Crippen molar-refractivity contribution in [2.75, 3.05) is 0 Å². The van der Waals surface area contributed by atoms with E-state index >= 15 is 0 Å². The third-order valence-corrected chi connectivity index (χ3v) is 4.05. The van der Waals surface area contributed by atoms with Crippen LogP contribution < -0.4 is 10.1 Å². The predicted octanol–water partition coefficient (Wildman–Crippen LogP) is 3.94. The number of ether oxygens (including phenoxy) is 1. The molecule has 1 aliphatic rings. The van der Waals surface area contributed by atoms with Gasteiger partial charge in [0.05, 0.1) is 0 Å². The lowest BCUT2D eigenvalue weighted by Gasteiger charge is -2.30. The zero-order valence-corrected chi connectivity index (χ0v) is 13.3. The van der Waals surface area contributed by atoms with Gasteiger partial charge < -0.3 is 10.1 Å². The summed E-state index contributed by atoms with van der Waals surface area (Å²) in [5.74, 6) is 0.456. The molecule has 0 aliphatic heterocycles. The largest absolute Gasteiger partial charge is 0.490 e. The molecule has 120 valence electrons. The van der Waals surface area contributed by atoms with Crippen LogP contribution in [0.25, 0.3) is 0 Å². The molecular formula is C18H24FNO2. The molecule has 0 bridgehead atoms. The van der Waals surface area contributed by atoms with Gasteiger partial charge in [-0.3, -0.25) is 4.79 Å². The molecule has 0 aromatic heterocycles. The van der Waals surface area contributed by atoms with E-state index in [2.05, 4.69) is 25.7 Å². The molecule has 2 atom stereocenters. The minimum atomic E-state index is -0.285. The van der Waals surface area contributed by atoms with Crippen LogP contribution >= 0.6 is 0 Å². The van der Waals surface area contributed by atoms with Crippen LogP contribution in [-0.2, 0) is 4.79 Å². The molecule has 2 unspecified atom stereocenters. The van der Waals surface area contributed by atoms with Crippen molar-refractivity contribution >= 4 is 5.91 Å². The van der Waals surface area contributed by atoms with Crippen LogP contribution in [0.3, 0.4) is 0 Å². The van der Waals surface area contributed by atoms with Crippen LogP contribution in [0.15, 0.2) is 30.9 Å². The van der Waals surface area contributed by atoms with Crippen molar-refractivity contribution in [1.29, 1.82) is 0 Å². The number of amides is 1. The molecule has 0 saturated heterocycles. The van der Waals surface area contributed by atoms with Crippen LogP contribution in [0.1, 0.15) is 51.0 Å². The highest BCUT2D eigenvalue weighted by atomic mass is 19.1. The van der Waals surface area contributed by atoms with Gasteiger partial charge >= 0.3 is 0 Å². The number of nitrogens with one attached hydrogen (secondary N) is 1. The van der Waals surface area contributed by atoms with Gasteiger partial charge in [0.1, 0.15) is 17.7 Å². The molecule has 0 spiro atoms. The SMILES string of the molecule is C=CC(=O)NC1CCCC(Oc2cc(F)ccc2C(C)C)C1. The molecule has 1 saturated carbocycles. The van der Waals surface area contributed by atoms with Gasteiger partial charge in [-0.25, -0.2) is 4.39 Å². The van der Waals surface area contributed by atoms with Crippen molar-refractivity contribution in [2.45, 2.75) is 57.6 Å². The lowest BCUT2D eigenvalue weighted by atomic mass is 9.92. The number of hydrogen-bond acceptors (Lipinski definition) is 2. The van der Waals surface area contributed by atoms with Gasteiger partial charge in [-0.1, -0.05) is 26.5 Å². The average Bonchev–Trinajstić information content (AvgIpc) is 2.47. The van der Waals surface area contributed by atoms with Gasteiger partial charge in [-0.2, -0.15) is 0 Å². The number of carbonyl (C=O) groups excluding carboxylic acids is 1. The summed E-state index contributed by atoms with van der Waals surface area (Å²) < 4.78 is 19.6. The Morgan fingerprint density at radius 2 is 2.23 bits per heavy atom. The maximum Gasteiger partial charge on any atom is 0.243 e. The number of carbonyl (C=O) groups is 1. The quantitative estimate of drug-likeness (QED) is 0.837. The lowest BCUT2D eigenvalue weighted by molar-refractivity contribution is -0.117. The normalized spacial score (nSPS) is 21.5. The topological polar surface area (TPSA) is 38.3 Å². The molecule has 2 rings (SSSR count). The second-order valence-electron chi connectivity index (χ2n) is 6.15. The summed E-state index contributed by atoms with van der Waals surface area (Å²) in [6, 6.07) is 4.81. The van der Waals surface area contributed by atoms with Crippen molar-refractivity contribution in [3.8, 4) is 5.75 Å². The second-order valence-corrected chi connectivity index (χ2v) is 6.15. The van der Waals surface area contributed by atoms with Gasteiger partial charge in [0, 0.05) is 18.5 Å². The summed E-state index contributed by atoms with van der Waals surface area (Å²) in [4.78, 5) is 11.4. The van der Waals surface area contributed by atoms with Crippen molar-refractivity contribution < 1.29 is 13.9 Å². The third-order valence-electron chi connectivity index (χ3n) is 4.05. The summed E-state index contributed by atoms with van der Waals surface area (Å²) in [6.45, 7) is 7.60. The van der Waals surface area contributed by atoms with E-state index in [-0.39, 0.29) is 29.8 Å². The first-order valence-corrected chi connectivity index (χ1v) is 7.88. The van der Waals surface area contributed by atoms with Crippen LogP contribution in [0.5, 0.6) is 5.75 Å². The van der Waals surface area contributed by atoms with Gasteiger partial charge in [-0.05, 0) is 42.9 Å². The van der Waals surface area contributed by atoms with E-state index < -0.39 is 0 Å². The van der Waals surface area contributed by atoms with Crippen LogP contribution in [0.2, 0.25) is 0 Å². The maximum absolute atomic E-state index is 13.5. The third kappa shape index (κ3) is 4.33. The smallest absolute Gasteiger partial charge is 0.243 e. The Labute approximate surface area is 131 Å². The van der Waals surface area contributed by atoms with Crippen molar-refractivity contribution in [3.63, 3.8) is 0 Å². The van der Waals surface area contributed by atoms with E-state index in [0.29, 0.717) is 5.75 Å². The molecule has 1 fully saturated rings. The zero-order valence-electron chi connectivity index (χ0n) is 13.3. The van der Waals surface area contributed by atoms with Crippen LogP contribution in [0.4, 0.5) is 4.39 Å². The Balaban J connectivity index is 2.05. The summed E-state index contributed by atoms with van der Waals surface area (Å²) in [5, 5.41) is 2.92. The van der Waals surface area contributed by atoms with Gasteiger partial charge in [0.25, 0.3) is 0 Å². The molecule has 1 aliphatic carbocycles. The Morgan fingerprint density at radius 3 is 2.91 bits per heavy atom. The molecular weight excluding hydrogens is 281 g/mol. The number of benzene rings is 1. The highest BCUT2D eigenvalue weighted by Crippen LogP contribution is 2.31. The summed E-state index contributed by atoms with van der Waals surface area (Å²) in [5.41, 5.74) is 1.01. The van der Waals surface area contributed by atoms with E-state index in [4.69, 9.17) is 4.74 Å². The number of rotatable bonds is 5. The van der Waals surface area contributed by atoms with Gasteiger partial charge in [0.2, 0.25) is 5.91 Å². The molecule has 22 heavy (non-hydrogen) atoms. The van der Waals surface area contributed by atoms with E-state index in [1.54, 1.807) is 6.07 Å². The highest BCUT2D eigenvalue weighted by Gasteiger charge is 2.25. The van der Waals surface area contributed by atoms with E-state index in [1.165, 1.54) is 18.2 Å². The Hall–Kier alpha value is -1.84. The summed E-state index contributed by atoms with van der Waals surface area (Å²) in [6.07, 6.45) is 4.89. The minimum Gasteiger partial charge on any atom is -0.490 e. The second kappa shape index (κ2) is 7.43. The molecule has 4 heteroatoms. The molecule has 3 nitrogen and oxygen atoms in total. The number of halogens is 1. The molecule has 1 aromatic carbocycles. The minimum absolute atomic E-state index is 0.00293. The Bertz CT molecular complexity index is 542. The Morgan fingerprint density at radius 1 is 1.45 bits per heavy atom. The fraction of sp³-hybridized carbons (Fsp3) is 0.500.